The lowest BCUT2D eigenvalue weighted by atomic mass is 10.2. The zero-order valence-corrected chi connectivity index (χ0v) is 19.1. The minimum atomic E-state index is -3.64. The number of carbonyl (C=O) groups excluding carboxylic acids is 1. The zero-order chi connectivity index (χ0) is 22.3. The highest BCUT2D eigenvalue weighted by Gasteiger charge is 2.26. The molecule has 0 unspecified atom stereocenters. The van der Waals surface area contributed by atoms with Gasteiger partial charge in [0.05, 0.1) is 23.4 Å². The highest BCUT2D eigenvalue weighted by Crippen LogP contribution is 2.30. The van der Waals surface area contributed by atoms with Gasteiger partial charge in [-0.1, -0.05) is 30.7 Å². The highest BCUT2D eigenvalue weighted by molar-refractivity contribution is 7.99. The summed E-state index contributed by atoms with van der Waals surface area (Å²) in [6.07, 6.45) is 7.07. The Kier molecular flexibility index (Phi) is 8.10. The molecule has 1 aliphatic heterocycles. The fourth-order valence-corrected chi connectivity index (χ4v) is 5.58. The van der Waals surface area contributed by atoms with E-state index in [0.717, 1.165) is 25.7 Å². The predicted octanol–water partition coefficient (Wildman–Crippen LogP) is 2.77. The van der Waals surface area contributed by atoms with E-state index >= 15 is 0 Å². The Morgan fingerprint density at radius 1 is 1.29 bits per heavy atom. The average Bonchev–Trinajstić information content (AvgIpc) is 3.01. The molecule has 3 rings (SSSR count). The van der Waals surface area contributed by atoms with E-state index in [9.17, 15) is 13.2 Å². The van der Waals surface area contributed by atoms with Crippen LogP contribution in [-0.2, 0) is 21.4 Å². The molecule has 0 bridgehead atoms. The van der Waals surface area contributed by atoms with Crippen molar-refractivity contribution in [1.29, 1.82) is 0 Å². The van der Waals surface area contributed by atoms with Crippen LogP contribution in [0, 0.1) is 0 Å². The molecule has 1 N–H and O–H groups in total. The van der Waals surface area contributed by atoms with Crippen LogP contribution in [0.5, 0.6) is 5.75 Å². The van der Waals surface area contributed by atoms with Gasteiger partial charge in [0.15, 0.2) is 5.16 Å². The van der Waals surface area contributed by atoms with Gasteiger partial charge in [-0.15, -0.1) is 16.8 Å². The van der Waals surface area contributed by atoms with Crippen LogP contribution in [0.3, 0.4) is 0 Å². The summed E-state index contributed by atoms with van der Waals surface area (Å²) in [5.41, 5.74) is 0.316. The van der Waals surface area contributed by atoms with Crippen LogP contribution in [0.15, 0.2) is 47.2 Å². The van der Waals surface area contributed by atoms with Gasteiger partial charge in [-0.3, -0.25) is 4.79 Å². The summed E-state index contributed by atoms with van der Waals surface area (Å²) in [5, 5.41) is 11.2. The summed E-state index contributed by atoms with van der Waals surface area (Å²) in [6, 6.07) is 4.54. The van der Waals surface area contributed by atoms with E-state index in [2.05, 4.69) is 22.1 Å². The third-order valence-electron chi connectivity index (χ3n) is 4.89. The molecule has 1 fully saturated rings. The van der Waals surface area contributed by atoms with E-state index < -0.39 is 10.0 Å². The number of nitrogens with one attached hydrogen (secondary N) is 1. The number of ether oxygens (including phenoxy) is 1. The second kappa shape index (κ2) is 10.8. The fraction of sp³-hybridized carbons (Fsp3) is 0.450. The van der Waals surface area contributed by atoms with E-state index in [1.54, 1.807) is 23.0 Å². The van der Waals surface area contributed by atoms with Crippen molar-refractivity contribution in [3.63, 3.8) is 0 Å². The van der Waals surface area contributed by atoms with Crippen molar-refractivity contribution >= 4 is 33.4 Å². The number of aromatic nitrogens is 3. The third kappa shape index (κ3) is 5.86. The first-order valence-electron chi connectivity index (χ1n) is 10.0. The second-order valence-electron chi connectivity index (χ2n) is 7.07. The maximum absolute atomic E-state index is 13.1. The maximum Gasteiger partial charge on any atom is 0.243 e. The molecule has 2 aromatic rings. The number of sulfonamides is 1. The van der Waals surface area contributed by atoms with Gasteiger partial charge < -0.3 is 14.6 Å². The SMILES string of the molecule is C=CCn1cnnc1SCC(=O)Nc1cc(S(=O)(=O)N2CCCCCC2)ccc1OC. The molecule has 0 saturated carbocycles. The normalized spacial score (nSPS) is 15.3. The van der Waals surface area contributed by atoms with Crippen molar-refractivity contribution in [2.45, 2.75) is 42.3 Å². The van der Waals surface area contributed by atoms with Crippen LogP contribution in [0.25, 0.3) is 0 Å². The number of nitrogens with zero attached hydrogens (tertiary/aromatic N) is 4. The maximum atomic E-state index is 13.1. The molecule has 31 heavy (non-hydrogen) atoms. The fourth-order valence-electron chi connectivity index (χ4n) is 3.31. The first-order chi connectivity index (χ1) is 15.0. The van der Waals surface area contributed by atoms with Crippen molar-refractivity contribution in [3.05, 3.63) is 37.2 Å². The molecule has 1 aromatic heterocycles. The Morgan fingerprint density at radius 3 is 2.71 bits per heavy atom. The molecule has 1 aromatic carbocycles. The van der Waals surface area contributed by atoms with Gasteiger partial charge in [-0.25, -0.2) is 8.42 Å². The zero-order valence-electron chi connectivity index (χ0n) is 17.5. The van der Waals surface area contributed by atoms with Crippen LogP contribution in [0.1, 0.15) is 25.7 Å². The predicted molar refractivity (Wildman–Crippen MR) is 120 cm³/mol. The summed E-state index contributed by atoms with van der Waals surface area (Å²) in [6.45, 7) is 5.25. The van der Waals surface area contributed by atoms with Crippen molar-refractivity contribution in [2.75, 3.05) is 31.3 Å². The molecular weight excluding hydrogens is 438 g/mol. The summed E-state index contributed by atoms with van der Waals surface area (Å²) >= 11 is 1.23. The van der Waals surface area contributed by atoms with E-state index in [4.69, 9.17) is 4.74 Å². The van der Waals surface area contributed by atoms with Crippen LogP contribution < -0.4 is 10.1 Å². The van der Waals surface area contributed by atoms with Crippen LogP contribution in [-0.4, -0.2) is 59.3 Å². The number of anilines is 1. The number of methoxy groups -OCH3 is 1. The molecule has 0 spiro atoms. The molecule has 0 aliphatic carbocycles. The topological polar surface area (TPSA) is 106 Å². The number of thioether (sulfide) groups is 1. The van der Waals surface area contributed by atoms with Crippen molar-refractivity contribution in [1.82, 2.24) is 19.1 Å². The lowest BCUT2D eigenvalue weighted by molar-refractivity contribution is -0.113. The lowest BCUT2D eigenvalue weighted by Gasteiger charge is -2.21. The highest BCUT2D eigenvalue weighted by atomic mass is 32.2. The molecule has 11 heteroatoms. The van der Waals surface area contributed by atoms with Crippen LogP contribution >= 0.6 is 11.8 Å². The van der Waals surface area contributed by atoms with Gasteiger partial charge in [0.1, 0.15) is 12.1 Å². The van der Waals surface area contributed by atoms with Gasteiger partial charge >= 0.3 is 0 Å². The summed E-state index contributed by atoms with van der Waals surface area (Å²) in [5.74, 6) is 0.172. The molecule has 1 aliphatic rings. The van der Waals surface area contributed by atoms with Crippen LogP contribution in [0.4, 0.5) is 5.69 Å². The molecule has 2 heterocycles. The molecular formula is C20H27N5O4S2. The Morgan fingerprint density at radius 2 is 2.03 bits per heavy atom. The summed E-state index contributed by atoms with van der Waals surface area (Å²) in [4.78, 5) is 12.7. The van der Waals surface area contributed by atoms with Crippen LogP contribution in [0.2, 0.25) is 0 Å². The molecule has 0 atom stereocenters. The third-order valence-corrected chi connectivity index (χ3v) is 7.76. The number of benzene rings is 1. The smallest absolute Gasteiger partial charge is 0.243 e. The van der Waals surface area contributed by atoms with Gasteiger partial charge in [0.2, 0.25) is 15.9 Å². The Labute approximate surface area is 186 Å². The minimum absolute atomic E-state index is 0.0854. The first-order valence-corrected chi connectivity index (χ1v) is 12.5. The van der Waals surface area contributed by atoms with Gasteiger partial charge in [0, 0.05) is 19.6 Å². The minimum Gasteiger partial charge on any atom is -0.495 e. The van der Waals surface area contributed by atoms with E-state index in [1.807, 2.05) is 0 Å². The number of hydrogen-bond donors (Lipinski definition) is 1. The summed E-state index contributed by atoms with van der Waals surface area (Å²) < 4.78 is 34.8. The Bertz CT molecular complexity index is 1010. The lowest BCUT2D eigenvalue weighted by Crippen LogP contribution is -2.32. The molecule has 1 amide bonds. The number of carbonyl (C=O) groups is 1. The van der Waals surface area contributed by atoms with Gasteiger partial charge in [-0.2, -0.15) is 4.31 Å². The number of rotatable bonds is 9. The first kappa shape index (κ1) is 23.3. The van der Waals surface area contributed by atoms with E-state index in [1.165, 1.54) is 35.3 Å². The number of amides is 1. The monoisotopic (exact) mass is 465 g/mol. The number of hydrogen-bond acceptors (Lipinski definition) is 7. The largest absolute Gasteiger partial charge is 0.495 e. The van der Waals surface area contributed by atoms with E-state index in [0.29, 0.717) is 36.2 Å². The summed E-state index contributed by atoms with van der Waals surface area (Å²) in [7, 11) is -2.17. The van der Waals surface area contributed by atoms with E-state index in [-0.39, 0.29) is 16.6 Å². The number of allylic oxidation sites excluding steroid dienone is 1. The standard InChI is InChI=1S/C20H27N5O4S2/c1-3-10-24-15-21-23-20(24)30-14-19(26)22-17-13-16(8-9-18(17)29-2)31(27,28)25-11-6-4-5-7-12-25/h3,8-9,13,15H,1,4-7,10-12,14H2,2H3,(H,22,26). The van der Waals surface area contributed by atoms with Crippen molar-refractivity contribution in [3.8, 4) is 5.75 Å². The van der Waals surface area contributed by atoms with Gasteiger partial charge in [0.25, 0.3) is 0 Å². The Balaban J connectivity index is 1.73. The average molecular weight is 466 g/mol. The van der Waals surface area contributed by atoms with Crippen molar-refractivity contribution in [2.24, 2.45) is 0 Å². The quantitative estimate of drug-likeness (QED) is 0.448. The second-order valence-corrected chi connectivity index (χ2v) is 9.95. The molecule has 168 valence electrons. The van der Waals surface area contributed by atoms with Crippen molar-refractivity contribution < 1.29 is 17.9 Å². The molecule has 9 nitrogen and oxygen atoms in total. The van der Waals surface area contributed by atoms with Gasteiger partial charge in [-0.05, 0) is 31.0 Å². The molecule has 0 radical (unpaired) electrons. The Hall–Kier alpha value is -2.37. The molecule has 1 saturated heterocycles.